The third-order valence-electron chi connectivity index (χ3n) is 4.49. The molecule has 0 aliphatic rings. The van der Waals surface area contributed by atoms with Gasteiger partial charge < -0.3 is 10.1 Å². The fourth-order valence-corrected chi connectivity index (χ4v) is 3.97. The normalized spacial score (nSPS) is 11.7. The quantitative estimate of drug-likeness (QED) is 0.523. The number of carbonyl (C=O) groups excluding carboxylic acids is 1. The molecule has 1 amide bonds. The molecule has 0 radical (unpaired) electrons. The van der Waals surface area contributed by atoms with Crippen LogP contribution in [0.15, 0.2) is 16.2 Å². The van der Waals surface area contributed by atoms with Crippen LogP contribution in [0.2, 0.25) is 0 Å². The van der Waals surface area contributed by atoms with Gasteiger partial charge in [0.2, 0.25) is 11.7 Å². The number of fused-ring (bicyclic) bond motifs is 3. The average molecular weight is 406 g/mol. The molecule has 152 valence electrons. The number of rotatable bonds is 10. The van der Waals surface area contributed by atoms with Crippen LogP contribution in [0.25, 0.3) is 16.0 Å². The lowest BCUT2D eigenvalue weighted by atomic mass is 10.2. The zero-order chi connectivity index (χ0) is 20.1. The Morgan fingerprint density at radius 2 is 2.14 bits per heavy atom. The van der Waals surface area contributed by atoms with Crippen molar-refractivity contribution in [2.45, 2.75) is 59.1 Å². The third kappa shape index (κ3) is 4.41. The van der Waals surface area contributed by atoms with Gasteiger partial charge in [0.1, 0.15) is 10.5 Å². The van der Waals surface area contributed by atoms with E-state index < -0.39 is 0 Å². The Bertz CT molecular complexity index is 1000. The third-order valence-corrected chi connectivity index (χ3v) is 5.39. The molecule has 1 N–H and O–H groups in total. The van der Waals surface area contributed by atoms with Crippen molar-refractivity contribution in [3.8, 4) is 0 Å². The molecule has 0 saturated carbocycles. The van der Waals surface area contributed by atoms with E-state index in [0.29, 0.717) is 49.4 Å². The molecule has 0 atom stereocenters. The molecule has 3 aromatic heterocycles. The van der Waals surface area contributed by atoms with Crippen LogP contribution in [0, 0.1) is 0 Å². The van der Waals surface area contributed by atoms with Crippen molar-refractivity contribution in [3.05, 3.63) is 27.6 Å². The van der Waals surface area contributed by atoms with Gasteiger partial charge in [0.05, 0.1) is 11.6 Å². The summed E-state index contributed by atoms with van der Waals surface area (Å²) in [6.45, 7) is 7.73. The fraction of sp³-hybridized carbons (Fsp3) is 0.579. The smallest absolute Gasteiger partial charge is 0.272 e. The van der Waals surface area contributed by atoms with Crippen molar-refractivity contribution in [2.24, 2.45) is 0 Å². The first-order valence-electron chi connectivity index (χ1n) is 9.75. The molecule has 28 heavy (non-hydrogen) atoms. The lowest BCUT2D eigenvalue weighted by Gasteiger charge is -2.08. The molecule has 0 aromatic carbocycles. The minimum Gasteiger partial charge on any atom is -0.379 e. The van der Waals surface area contributed by atoms with E-state index in [1.54, 1.807) is 4.57 Å². The number of carbonyl (C=O) groups is 1. The lowest BCUT2D eigenvalue weighted by molar-refractivity contribution is -0.121. The summed E-state index contributed by atoms with van der Waals surface area (Å²) >= 11 is 1.43. The van der Waals surface area contributed by atoms with Crippen LogP contribution in [0.4, 0.5) is 0 Å². The minimum atomic E-state index is -0.0280. The maximum Gasteiger partial charge on any atom is 0.272 e. The van der Waals surface area contributed by atoms with Crippen LogP contribution < -0.4 is 10.9 Å². The van der Waals surface area contributed by atoms with Crippen molar-refractivity contribution < 1.29 is 9.53 Å². The summed E-state index contributed by atoms with van der Waals surface area (Å²) in [5, 5.41) is 13.3. The van der Waals surface area contributed by atoms with Crippen molar-refractivity contribution in [3.63, 3.8) is 0 Å². The number of ether oxygens (including phenoxy) is 1. The predicted octanol–water partition coefficient (Wildman–Crippen LogP) is 2.38. The highest BCUT2D eigenvalue weighted by Crippen LogP contribution is 2.20. The predicted molar refractivity (Wildman–Crippen MR) is 110 cm³/mol. The van der Waals surface area contributed by atoms with Crippen molar-refractivity contribution >= 4 is 33.2 Å². The number of aromatic nitrogens is 4. The molecular weight excluding hydrogens is 378 g/mol. The number of aryl methyl sites for hydroxylation is 2. The van der Waals surface area contributed by atoms with Crippen LogP contribution in [0.5, 0.6) is 0 Å². The summed E-state index contributed by atoms with van der Waals surface area (Å²) < 4.78 is 9.75. The van der Waals surface area contributed by atoms with Gasteiger partial charge in [0, 0.05) is 32.5 Å². The molecule has 0 aliphatic heterocycles. The van der Waals surface area contributed by atoms with E-state index in [1.165, 1.54) is 11.3 Å². The second kappa shape index (κ2) is 9.29. The van der Waals surface area contributed by atoms with E-state index in [0.717, 1.165) is 17.8 Å². The van der Waals surface area contributed by atoms with Gasteiger partial charge in [-0.05, 0) is 45.1 Å². The van der Waals surface area contributed by atoms with Crippen LogP contribution in [-0.4, -0.2) is 44.3 Å². The Labute approximate surface area is 167 Å². The first-order chi connectivity index (χ1) is 13.5. The zero-order valence-corrected chi connectivity index (χ0v) is 17.4. The number of nitrogens with zero attached hydrogens (tertiary/aromatic N) is 4. The molecule has 3 rings (SSSR count). The van der Waals surface area contributed by atoms with Gasteiger partial charge in [0.25, 0.3) is 5.56 Å². The highest BCUT2D eigenvalue weighted by molar-refractivity contribution is 7.17. The first-order valence-corrected chi connectivity index (χ1v) is 10.6. The van der Waals surface area contributed by atoms with E-state index in [2.05, 4.69) is 15.5 Å². The topological polar surface area (TPSA) is 90.5 Å². The molecule has 3 heterocycles. The Balaban J connectivity index is 1.60. The molecule has 0 bridgehead atoms. The number of amides is 1. The summed E-state index contributed by atoms with van der Waals surface area (Å²) in [4.78, 5) is 24.6. The van der Waals surface area contributed by atoms with Crippen LogP contribution >= 0.6 is 11.3 Å². The van der Waals surface area contributed by atoms with Gasteiger partial charge in [-0.25, -0.2) is 0 Å². The Morgan fingerprint density at radius 1 is 1.32 bits per heavy atom. The van der Waals surface area contributed by atoms with Gasteiger partial charge in [-0.3, -0.25) is 18.6 Å². The van der Waals surface area contributed by atoms with Gasteiger partial charge in [-0.1, -0.05) is 0 Å². The minimum absolute atomic E-state index is 0.0280. The number of thiophene rings is 1. The van der Waals surface area contributed by atoms with E-state index in [-0.39, 0.29) is 17.6 Å². The second-order valence-corrected chi connectivity index (χ2v) is 7.83. The van der Waals surface area contributed by atoms with Crippen LogP contribution in [0.3, 0.4) is 0 Å². The Morgan fingerprint density at radius 3 is 2.89 bits per heavy atom. The summed E-state index contributed by atoms with van der Waals surface area (Å²) in [6.07, 6.45) is 2.75. The highest BCUT2D eigenvalue weighted by atomic mass is 32.1. The molecule has 9 heteroatoms. The van der Waals surface area contributed by atoms with Gasteiger partial charge in [0.15, 0.2) is 0 Å². The molecule has 0 unspecified atom stereocenters. The number of nitrogens with one attached hydrogen (secondary N) is 1. The number of hydrogen-bond donors (Lipinski definition) is 1. The molecule has 0 spiro atoms. The monoisotopic (exact) mass is 405 g/mol. The summed E-state index contributed by atoms with van der Waals surface area (Å²) in [7, 11) is 0. The molecular formula is C19H27N5O3S. The lowest BCUT2D eigenvalue weighted by Crippen LogP contribution is -2.25. The van der Waals surface area contributed by atoms with E-state index in [1.807, 2.05) is 36.6 Å². The average Bonchev–Trinajstić information content (AvgIpc) is 3.29. The molecule has 0 aliphatic carbocycles. The van der Waals surface area contributed by atoms with Gasteiger partial charge in [-0.2, -0.15) is 0 Å². The Kier molecular flexibility index (Phi) is 6.79. The maximum absolute atomic E-state index is 12.6. The van der Waals surface area contributed by atoms with E-state index in [9.17, 15) is 9.59 Å². The maximum atomic E-state index is 12.6. The standard InChI is InChI=1S/C19H27N5O3S/c1-4-23-18(26)17-14(9-12-28-17)24-15(21-22-19(23)24)7-5-8-16(25)20-10-6-11-27-13(2)3/h9,12-13H,4-8,10-11H2,1-3H3,(H,20,25). The molecule has 0 fully saturated rings. The van der Waals surface area contributed by atoms with Crippen molar-refractivity contribution in [1.29, 1.82) is 0 Å². The Hall–Kier alpha value is -2.26. The first kappa shape index (κ1) is 20.5. The van der Waals surface area contributed by atoms with Crippen LogP contribution in [-0.2, 0) is 22.5 Å². The SMILES string of the molecule is CCn1c(=O)c2sccc2n2c(CCCC(=O)NCCCOC(C)C)nnc12. The molecule has 3 aromatic rings. The molecule has 8 nitrogen and oxygen atoms in total. The zero-order valence-electron chi connectivity index (χ0n) is 16.6. The van der Waals surface area contributed by atoms with Crippen molar-refractivity contribution in [2.75, 3.05) is 13.2 Å². The van der Waals surface area contributed by atoms with E-state index >= 15 is 0 Å². The summed E-state index contributed by atoms with van der Waals surface area (Å²) in [6, 6.07) is 1.92. The summed E-state index contributed by atoms with van der Waals surface area (Å²) in [5.41, 5.74) is 0.809. The van der Waals surface area contributed by atoms with Crippen LogP contribution in [0.1, 0.15) is 45.9 Å². The largest absolute Gasteiger partial charge is 0.379 e. The number of hydrogen-bond acceptors (Lipinski definition) is 6. The highest BCUT2D eigenvalue weighted by Gasteiger charge is 2.16. The second-order valence-electron chi connectivity index (χ2n) is 6.91. The van der Waals surface area contributed by atoms with Gasteiger partial charge in [-0.15, -0.1) is 21.5 Å². The summed E-state index contributed by atoms with van der Waals surface area (Å²) in [5.74, 6) is 1.37. The molecule has 0 saturated heterocycles. The van der Waals surface area contributed by atoms with Gasteiger partial charge >= 0.3 is 0 Å². The fourth-order valence-electron chi connectivity index (χ4n) is 3.14. The van der Waals surface area contributed by atoms with Crippen molar-refractivity contribution in [1.82, 2.24) is 24.5 Å². The van der Waals surface area contributed by atoms with E-state index in [4.69, 9.17) is 4.74 Å².